The highest BCUT2D eigenvalue weighted by atomic mass is 35.5. The molecule has 1 amide bonds. The Morgan fingerprint density at radius 3 is 2.73 bits per heavy atom. The monoisotopic (exact) mass is 363 g/mol. The van der Waals surface area contributed by atoms with Crippen molar-refractivity contribution in [3.8, 4) is 11.4 Å². The molecule has 2 aromatic heterocycles. The first-order valence-corrected chi connectivity index (χ1v) is 8.33. The van der Waals surface area contributed by atoms with Gasteiger partial charge in [0.1, 0.15) is 0 Å². The lowest BCUT2D eigenvalue weighted by atomic mass is 10.1. The second kappa shape index (κ2) is 6.57. The molecule has 4 rings (SSSR count). The first-order chi connectivity index (χ1) is 12.6. The highest BCUT2D eigenvalue weighted by molar-refractivity contribution is 6.31. The van der Waals surface area contributed by atoms with Gasteiger partial charge in [0.05, 0.1) is 0 Å². The quantitative estimate of drug-likeness (QED) is 0.597. The second-order valence-electron chi connectivity index (χ2n) is 5.80. The van der Waals surface area contributed by atoms with Gasteiger partial charge in [-0.2, -0.15) is 0 Å². The van der Waals surface area contributed by atoms with E-state index in [4.69, 9.17) is 11.6 Å². The highest BCUT2D eigenvalue weighted by Crippen LogP contribution is 2.22. The van der Waals surface area contributed by atoms with Gasteiger partial charge in [-0.25, -0.2) is 4.98 Å². The highest BCUT2D eigenvalue weighted by Gasteiger charge is 2.11. The molecule has 2 aromatic carbocycles. The van der Waals surface area contributed by atoms with Crippen LogP contribution >= 0.6 is 11.6 Å². The molecule has 1 N–H and O–H groups in total. The van der Waals surface area contributed by atoms with E-state index in [0.717, 1.165) is 11.1 Å². The number of halogens is 1. The molecule has 0 saturated heterocycles. The van der Waals surface area contributed by atoms with Crippen LogP contribution in [-0.4, -0.2) is 25.5 Å². The van der Waals surface area contributed by atoms with E-state index in [9.17, 15) is 4.79 Å². The molecule has 2 heterocycles. The van der Waals surface area contributed by atoms with E-state index < -0.39 is 0 Å². The van der Waals surface area contributed by atoms with Crippen LogP contribution in [0.25, 0.3) is 17.2 Å². The number of hydrogen-bond acceptors (Lipinski definition) is 4. The van der Waals surface area contributed by atoms with Crippen molar-refractivity contribution in [2.45, 2.75) is 6.92 Å². The van der Waals surface area contributed by atoms with Crippen LogP contribution in [0.3, 0.4) is 0 Å². The van der Waals surface area contributed by atoms with Crippen LogP contribution in [0.2, 0.25) is 5.02 Å². The van der Waals surface area contributed by atoms with Crippen molar-refractivity contribution in [3.63, 3.8) is 0 Å². The topological polar surface area (TPSA) is 72.2 Å². The van der Waals surface area contributed by atoms with E-state index in [1.165, 1.54) is 0 Å². The molecule has 0 aliphatic heterocycles. The summed E-state index contributed by atoms with van der Waals surface area (Å²) in [6.45, 7) is 1.92. The van der Waals surface area contributed by atoms with Gasteiger partial charge < -0.3 is 5.32 Å². The molecule has 0 saturated carbocycles. The normalized spacial score (nSPS) is 10.8. The largest absolute Gasteiger partial charge is 0.322 e. The van der Waals surface area contributed by atoms with E-state index in [2.05, 4.69) is 20.5 Å². The van der Waals surface area contributed by atoms with Crippen molar-refractivity contribution >= 4 is 29.0 Å². The number of rotatable bonds is 3. The molecule has 0 fully saturated rings. The zero-order valence-electron chi connectivity index (χ0n) is 13.8. The van der Waals surface area contributed by atoms with Crippen molar-refractivity contribution in [2.75, 3.05) is 5.32 Å². The summed E-state index contributed by atoms with van der Waals surface area (Å²) in [5.74, 6) is 1.00. The maximum Gasteiger partial charge on any atom is 0.255 e. The van der Waals surface area contributed by atoms with Crippen LogP contribution in [0.4, 0.5) is 5.69 Å². The van der Waals surface area contributed by atoms with E-state index in [0.29, 0.717) is 27.9 Å². The van der Waals surface area contributed by atoms with Crippen molar-refractivity contribution in [3.05, 3.63) is 77.1 Å². The smallest absolute Gasteiger partial charge is 0.255 e. The summed E-state index contributed by atoms with van der Waals surface area (Å²) in [5.41, 5.74) is 3.03. The van der Waals surface area contributed by atoms with E-state index in [-0.39, 0.29) is 5.91 Å². The van der Waals surface area contributed by atoms with Crippen LogP contribution in [0, 0.1) is 6.92 Å². The van der Waals surface area contributed by atoms with E-state index in [1.54, 1.807) is 34.9 Å². The van der Waals surface area contributed by atoms with Crippen LogP contribution in [-0.2, 0) is 0 Å². The first kappa shape index (κ1) is 16.2. The first-order valence-electron chi connectivity index (χ1n) is 7.95. The Bertz CT molecular complexity index is 1100. The fraction of sp³-hybridized carbons (Fsp3) is 0.0526. The van der Waals surface area contributed by atoms with Gasteiger partial charge in [0.2, 0.25) is 0 Å². The summed E-state index contributed by atoms with van der Waals surface area (Å²) in [6.07, 6.45) is 3.51. The molecule has 0 unspecified atom stereocenters. The van der Waals surface area contributed by atoms with Crippen LogP contribution in [0.5, 0.6) is 0 Å². The Labute approximate surface area is 154 Å². The second-order valence-corrected chi connectivity index (χ2v) is 6.24. The van der Waals surface area contributed by atoms with Crippen LogP contribution in [0.15, 0.2) is 60.9 Å². The summed E-state index contributed by atoms with van der Waals surface area (Å²) >= 11 is 6.00. The number of hydrogen-bond donors (Lipinski definition) is 1. The third-order valence-electron chi connectivity index (χ3n) is 4.04. The summed E-state index contributed by atoms with van der Waals surface area (Å²) in [4.78, 5) is 16.6. The molecule has 7 heteroatoms. The molecule has 0 aliphatic rings. The van der Waals surface area contributed by atoms with Crippen molar-refractivity contribution in [1.29, 1.82) is 0 Å². The number of fused-ring (bicyclic) bond motifs is 1. The van der Waals surface area contributed by atoms with Gasteiger partial charge in [0, 0.05) is 34.2 Å². The number of carbonyl (C=O) groups excluding carboxylic acids is 1. The summed E-state index contributed by atoms with van der Waals surface area (Å²) in [7, 11) is 0. The Balaban J connectivity index is 1.59. The zero-order chi connectivity index (χ0) is 18.1. The third kappa shape index (κ3) is 3.02. The molecule has 0 aliphatic carbocycles. The fourth-order valence-corrected chi connectivity index (χ4v) is 2.81. The molecule has 0 spiro atoms. The molecular formula is C19H14ClN5O. The fourth-order valence-electron chi connectivity index (χ4n) is 2.63. The van der Waals surface area contributed by atoms with Crippen LogP contribution in [0.1, 0.15) is 15.9 Å². The predicted octanol–water partition coefficient (Wildman–Crippen LogP) is 4.01. The number of carbonyl (C=O) groups is 1. The number of amides is 1. The summed E-state index contributed by atoms with van der Waals surface area (Å²) in [6, 6.07) is 14.4. The number of benzene rings is 2. The van der Waals surface area contributed by atoms with E-state index in [1.807, 2.05) is 37.4 Å². The molecule has 128 valence electrons. The van der Waals surface area contributed by atoms with E-state index >= 15 is 0 Å². The molecule has 6 nitrogen and oxygen atoms in total. The summed E-state index contributed by atoms with van der Waals surface area (Å²) in [5, 5.41) is 11.7. The molecule has 0 radical (unpaired) electrons. The average Bonchev–Trinajstić information content (AvgIpc) is 3.09. The van der Waals surface area contributed by atoms with Crippen LogP contribution < -0.4 is 5.32 Å². The lowest BCUT2D eigenvalue weighted by Crippen LogP contribution is -2.12. The van der Waals surface area contributed by atoms with Gasteiger partial charge in [0.15, 0.2) is 5.82 Å². The average molecular weight is 364 g/mol. The molecule has 26 heavy (non-hydrogen) atoms. The predicted molar refractivity (Wildman–Crippen MR) is 100 cm³/mol. The Morgan fingerprint density at radius 1 is 1.12 bits per heavy atom. The number of aryl methyl sites for hydroxylation is 1. The van der Waals surface area contributed by atoms with Gasteiger partial charge >= 0.3 is 0 Å². The van der Waals surface area contributed by atoms with Crippen molar-refractivity contribution in [2.24, 2.45) is 0 Å². The maximum atomic E-state index is 12.5. The lowest BCUT2D eigenvalue weighted by molar-refractivity contribution is 0.102. The van der Waals surface area contributed by atoms with Gasteiger partial charge in [-0.1, -0.05) is 29.8 Å². The minimum Gasteiger partial charge on any atom is -0.322 e. The Kier molecular flexibility index (Phi) is 4.10. The van der Waals surface area contributed by atoms with Crippen molar-refractivity contribution < 1.29 is 4.79 Å². The van der Waals surface area contributed by atoms with Gasteiger partial charge in [-0.05, 0) is 42.8 Å². The molecule has 0 bridgehead atoms. The summed E-state index contributed by atoms with van der Waals surface area (Å²) < 4.78 is 1.80. The minimum absolute atomic E-state index is 0.199. The number of nitrogens with one attached hydrogen (secondary N) is 1. The number of aromatic nitrogens is 4. The SMILES string of the molecule is Cc1ccc(Cl)cc1NC(=O)c1ccc(-c2nnc3ncccn23)cc1. The molecular weight excluding hydrogens is 350 g/mol. The Morgan fingerprint density at radius 2 is 1.92 bits per heavy atom. The van der Waals surface area contributed by atoms with Gasteiger partial charge in [-0.15, -0.1) is 10.2 Å². The van der Waals surface area contributed by atoms with Gasteiger partial charge in [-0.3, -0.25) is 9.20 Å². The zero-order valence-corrected chi connectivity index (χ0v) is 14.6. The molecule has 0 atom stereocenters. The number of anilines is 1. The molecule has 4 aromatic rings. The maximum absolute atomic E-state index is 12.5. The standard InChI is InChI=1S/C19H14ClN5O/c1-12-3-8-15(20)11-16(12)22-18(26)14-6-4-13(5-7-14)17-23-24-19-21-9-2-10-25(17)19/h2-11H,1H3,(H,22,26). The van der Waals surface area contributed by atoms with Crippen molar-refractivity contribution in [1.82, 2.24) is 19.6 Å². The van der Waals surface area contributed by atoms with Gasteiger partial charge in [0.25, 0.3) is 11.7 Å². The lowest BCUT2D eigenvalue weighted by Gasteiger charge is -2.09. The minimum atomic E-state index is -0.199. The number of nitrogens with zero attached hydrogens (tertiary/aromatic N) is 4. The Hall–Kier alpha value is -3.25. The third-order valence-corrected chi connectivity index (χ3v) is 4.28.